The lowest BCUT2D eigenvalue weighted by Crippen LogP contribution is -2.20. The van der Waals surface area contributed by atoms with E-state index in [9.17, 15) is 4.79 Å². The molecule has 0 aromatic heterocycles. The fourth-order valence-corrected chi connectivity index (χ4v) is 1.83. The largest absolute Gasteiger partial charge is 0.465 e. The third-order valence-corrected chi connectivity index (χ3v) is 2.96. The van der Waals surface area contributed by atoms with E-state index in [4.69, 9.17) is 10.5 Å². The molecule has 2 atom stereocenters. The van der Waals surface area contributed by atoms with Crippen LogP contribution < -0.4 is 5.73 Å². The Morgan fingerprint density at radius 1 is 1.31 bits per heavy atom. The molecule has 2 rings (SSSR count). The predicted octanol–water partition coefficient (Wildman–Crippen LogP) is 1.07. The zero-order valence-electron chi connectivity index (χ0n) is 7.87. The van der Waals surface area contributed by atoms with Crippen LogP contribution in [0.25, 0.3) is 0 Å². The van der Waals surface area contributed by atoms with E-state index in [1.807, 2.05) is 0 Å². The predicted molar refractivity (Wildman–Crippen MR) is 49.0 cm³/mol. The first-order valence-corrected chi connectivity index (χ1v) is 5.18. The normalized spacial score (nSPS) is 33.3. The highest BCUT2D eigenvalue weighted by Crippen LogP contribution is 2.30. The molecule has 0 heterocycles. The third-order valence-electron chi connectivity index (χ3n) is 2.96. The van der Waals surface area contributed by atoms with Crippen LogP contribution in [0.4, 0.5) is 0 Å². The van der Waals surface area contributed by atoms with E-state index < -0.39 is 0 Å². The van der Waals surface area contributed by atoms with E-state index in [0.29, 0.717) is 12.5 Å². The van der Waals surface area contributed by atoms with Crippen molar-refractivity contribution in [2.45, 2.75) is 38.1 Å². The van der Waals surface area contributed by atoms with Crippen molar-refractivity contribution in [2.75, 3.05) is 6.61 Å². The molecule has 0 aromatic rings. The minimum absolute atomic E-state index is 0.0140. The van der Waals surface area contributed by atoms with Crippen LogP contribution in [-0.4, -0.2) is 18.6 Å². The summed E-state index contributed by atoms with van der Waals surface area (Å²) in [6.45, 7) is 0.643. The molecule has 0 spiro atoms. The summed E-state index contributed by atoms with van der Waals surface area (Å²) in [5.41, 5.74) is 5.72. The quantitative estimate of drug-likeness (QED) is 0.666. The van der Waals surface area contributed by atoms with Crippen LogP contribution in [0.5, 0.6) is 0 Å². The summed E-state index contributed by atoms with van der Waals surface area (Å²) in [5.74, 6) is 0.743. The highest BCUT2D eigenvalue weighted by Gasteiger charge is 2.30. The Kier molecular flexibility index (Phi) is 2.54. The van der Waals surface area contributed by atoms with Crippen molar-refractivity contribution in [3.05, 3.63) is 0 Å². The maximum atomic E-state index is 11.4. The van der Waals surface area contributed by atoms with Crippen LogP contribution in [0, 0.1) is 11.8 Å². The first kappa shape index (κ1) is 9.00. The van der Waals surface area contributed by atoms with E-state index in [0.717, 1.165) is 19.3 Å². The molecule has 0 amide bonds. The van der Waals surface area contributed by atoms with E-state index >= 15 is 0 Å². The number of esters is 1. The Balaban J connectivity index is 1.69. The van der Waals surface area contributed by atoms with Gasteiger partial charge < -0.3 is 10.5 Å². The molecule has 2 aliphatic rings. The second-order valence-electron chi connectivity index (χ2n) is 4.34. The molecule has 0 bridgehead atoms. The van der Waals surface area contributed by atoms with Crippen LogP contribution in [0.15, 0.2) is 0 Å². The standard InChI is InChI=1S/C10H17NO2/c11-9-4-3-8(5-9)10(12)13-6-7-1-2-7/h7-9H,1-6,11H2. The molecular weight excluding hydrogens is 166 g/mol. The lowest BCUT2D eigenvalue weighted by atomic mass is 10.1. The van der Waals surface area contributed by atoms with Gasteiger partial charge in [-0.3, -0.25) is 4.79 Å². The van der Waals surface area contributed by atoms with Gasteiger partial charge >= 0.3 is 5.97 Å². The fourth-order valence-electron chi connectivity index (χ4n) is 1.83. The van der Waals surface area contributed by atoms with Gasteiger partial charge in [0.2, 0.25) is 0 Å². The monoisotopic (exact) mass is 183 g/mol. The average molecular weight is 183 g/mol. The number of ether oxygens (including phenoxy) is 1. The molecule has 2 unspecified atom stereocenters. The van der Waals surface area contributed by atoms with Gasteiger partial charge in [-0.1, -0.05) is 0 Å². The Bertz CT molecular complexity index is 201. The number of nitrogens with two attached hydrogens (primary N) is 1. The molecule has 0 radical (unpaired) electrons. The van der Waals surface area contributed by atoms with E-state index in [-0.39, 0.29) is 17.9 Å². The molecule has 0 saturated heterocycles. The number of rotatable bonds is 3. The van der Waals surface area contributed by atoms with Crippen LogP contribution in [0.3, 0.4) is 0 Å². The summed E-state index contributed by atoms with van der Waals surface area (Å²) in [5, 5.41) is 0. The maximum Gasteiger partial charge on any atom is 0.308 e. The van der Waals surface area contributed by atoms with Crippen molar-refractivity contribution in [3.8, 4) is 0 Å². The smallest absolute Gasteiger partial charge is 0.308 e. The minimum atomic E-state index is -0.0140. The van der Waals surface area contributed by atoms with Crippen molar-refractivity contribution in [1.82, 2.24) is 0 Å². The molecule has 13 heavy (non-hydrogen) atoms. The van der Waals surface area contributed by atoms with Crippen molar-refractivity contribution >= 4 is 5.97 Å². The molecular formula is C10H17NO2. The zero-order valence-corrected chi connectivity index (χ0v) is 7.87. The molecule has 0 aliphatic heterocycles. The first-order valence-electron chi connectivity index (χ1n) is 5.18. The number of carbonyl (C=O) groups excluding carboxylic acids is 1. The van der Waals surface area contributed by atoms with Gasteiger partial charge in [0.1, 0.15) is 0 Å². The Labute approximate surface area is 78.6 Å². The van der Waals surface area contributed by atoms with Crippen LogP contribution in [0.1, 0.15) is 32.1 Å². The Hall–Kier alpha value is -0.570. The lowest BCUT2D eigenvalue weighted by Gasteiger charge is -2.08. The Morgan fingerprint density at radius 3 is 2.62 bits per heavy atom. The fraction of sp³-hybridized carbons (Fsp3) is 0.900. The van der Waals surface area contributed by atoms with Gasteiger partial charge in [0.25, 0.3) is 0 Å². The summed E-state index contributed by atoms with van der Waals surface area (Å²) in [6, 6.07) is 0.221. The second kappa shape index (κ2) is 3.66. The van der Waals surface area contributed by atoms with Gasteiger partial charge in [-0.2, -0.15) is 0 Å². The van der Waals surface area contributed by atoms with Crippen LogP contribution in [-0.2, 0) is 9.53 Å². The molecule has 0 aromatic carbocycles. The number of carbonyl (C=O) groups is 1. The number of hydrogen-bond acceptors (Lipinski definition) is 3. The molecule has 3 heteroatoms. The van der Waals surface area contributed by atoms with Crippen molar-refractivity contribution < 1.29 is 9.53 Å². The molecule has 2 aliphatic carbocycles. The first-order chi connectivity index (χ1) is 6.25. The van der Waals surface area contributed by atoms with E-state index in [1.165, 1.54) is 12.8 Å². The van der Waals surface area contributed by atoms with E-state index in [2.05, 4.69) is 0 Å². The summed E-state index contributed by atoms with van der Waals surface area (Å²) >= 11 is 0. The summed E-state index contributed by atoms with van der Waals surface area (Å²) in [4.78, 5) is 11.4. The molecule has 2 fully saturated rings. The third kappa shape index (κ3) is 2.44. The highest BCUT2D eigenvalue weighted by atomic mass is 16.5. The van der Waals surface area contributed by atoms with Crippen LogP contribution in [0.2, 0.25) is 0 Å². The van der Waals surface area contributed by atoms with E-state index in [1.54, 1.807) is 0 Å². The van der Waals surface area contributed by atoms with Gasteiger partial charge in [0.05, 0.1) is 12.5 Å². The molecule has 3 nitrogen and oxygen atoms in total. The SMILES string of the molecule is NC1CCC(C(=O)OCC2CC2)C1. The molecule has 74 valence electrons. The van der Waals surface area contributed by atoms with Gasteiger partial charge in [-0.15, -0.1) is 0 Å². The minimum Gasteiger partial charge on any atom is -0.465 e. The Morgan fingerprint density at radius 2 is 2.08 bits per heavy atom. The number of hydrogen-bond donors (Lipinski definition) is 1. The topological polar surface area (TPSA) is 52.3 Å². The van der Waals surface area contributed by atoms with Crippen molar-refractivity contribution in [3.63, 3.8) is 0 Å². The highest BCUT2D eigenvalue weighted by molar-refractivity contribution is 5.72. The average Bonchev–Trinajstić information content (AvgIpc) is 2.84. The van der Waals surface area contributed by atoms with Crippen molar-refractivity contribution in [1.29, 1.82) is 0 Å². The van der Waals surface area contributed by atoms with Gasteiger partial charge in [0, 0.05) is 6.04 Å². The zero-order chi connectivity index (χ0) is 9.26. The molecule has 2 saturated carbocycles. The van der Waals surface area contributed by atoms with Gasteiger partial charge in [-0.05, 0) is 38.0 Å². The van der Waals surface area contributed by atoms with Gasteiger partial charge in [0.15, 0.2) is 0 Å². The van der Waals surface area contributed by atoms with Crippen molar-refractivity contribution in [2.24, 2.45) is 17.6 Å². The molecule has 2 N–H and O–H groups in total. The summed E-state index contributed by atoms with van der Waals surface area (Å²) in [7, 11) is 0. The van der Waals surface area contributed by atoms with Crippen LogP contribution >= 0.6 is 0 Å². The lowest BCUT2D eigenvalue weighted by molar-refractivity contribution is -0.148. The van der Waals surface area contributed by atoms with Gasteiger partial charge in [-0.25, -0.2) is 0 Å². The second-order valence-corrected chi connectivity index (χ2v) is 4.34. The maximum absolute atomic E-state index is 11.4. The summed E-state index contributed by atoms with van der Waals surface area (Å²) < 4.78 is 5.20. The summed E-state index contributed by atoms with van der Waals surface area (Å²) in [6.07, 6.45) is 5.19.